The number of benzene rings is 2. The van der Waals surface area contributed by atoms with Gasteiger partial charge in [-0.25, -0.2) is 0 Å². The molecule has 0 saturated heterocycles. The molecule has 2 N–H and O–H groups in total. The smallest absolute Gasteiger partial charge is 0.257 e. The molecule has 0 aliphatic heterocycles. The first-order chi connectivity index (χ1) is 11.7. The molecular formula is C19H16IN3O. The number of amides is 1. The van der Waals surface area contributed by atoms with Gasteiger partial charge in [0.25, 0.3) is 5.91 Å². The van der Waals surface area contributed by atoms with E-state index in [1.807, 2.05) is 60.7 Å². The van der Waals surface area contributed by atoms with Gasteiger partial charge >= 0.3 is 0 Å². The van der Waals surface area contributed by atoms with E-state index in [9.17, 15) is 4.79 Å². The van der Waals surface area contributed by atoms with Gasteiger partial charge in [-0.05, 0) is 70.6 Å². The maximum absolute atomic E-state index is 12.6. The van der Waals surface area contributed by atoms with Gasteiger partial charge in [0.15, 0.2) is 0 Å². The van der Waals surface area contributed by atoms with E-state index in [1.165, 1.54) is 0 Å². The highest BCUT2D eigenvalue weighted by Gasteiger charge is 2.11. The van der Waals surface area contributed by atoms with Crippen molar-refractivity contribution in [3.05, 3.63) is 87.8 Å². The van der Waals surface area contributed by atoms with E-state index in [0.29, 0.717) is 12.1 Å². The Bertz CT molecular complexity index is 837. The van der Waals surface area contributed by atoms with E-state index in [2.05, 4.69) is 38.2 Å². The van der Waals surface area contributed by atoms with E-state index in [4.69, 9.17) is 0 Å². The lowest BCUT2D eigenvalue weighted by Gasteiger charge is -2.12. The number of rotatable bonds is 5. The molecule has 4 nitrogen and oxygen atoms in total. The lowest BCUT2D eigenvalue weighted by Crippen LogP contribution is -2.14. The molecule has 120 valence electrons. The first-order valence-corrected chi connectivity index (χ1v) is 8.59. The minimum Gasteiger partial charge on any atom is -0.380 e. The van der Waals surface area contributed by atoms with Crippen molar-refractivity contribution in [1.29, 1.82) is 0 Å². The van der Waals surface area contributed by atoms with Crippen LogP contribution in [0.15, 0.2) is 73.1 Å². The van der Waals surface area contributed by atoms with Crippen LogP contribution in [0.25, 0.3) is 0 Å². The zero-order valence-electron chi connectivity index (χ0n) is 12.9. The van der Waals surface area contributed by atoms with Crippen molar-refractivity contribution >= 4 is 39.9 Å². The van der Waals surface area contributed by atoms with E-state index >= 15 is 0 Å². The molecule has 0 spiro atoms. The average molecular weight is 429 g/mol. The number of hydrogen-bond donors (Lipinski definition) is 2. The summed E-state index contributed by atoms with van der Waals surface area (Å²) in [6.45, 7) is 0.635. The Hall–Kier alpha value is -2.41. The second kappa shape index (κ2) is 7.92. The number of aromatic nitrogens is 1. The largest absolute Gasteiger partial charge is 0.380 e. The number of anilines is 2. The number of carbonyl (C=O) groups is 1. The topological polar surface area (TPSA) is 54.0 Å². The quantitative estimate of drug-likeness (QED) is 0.586. The van der Waals surface area contributed by atoms with Gasteiger partial charge in [-0.15, -0.1) is 0 Å². The molecule has 0 radical (unpaired) electrons. The fraction of sp³-hybridized carbons (Fsp3) is 0.0526. The molecule has 0 atom stereocenters. The predicted molar refractivity (Wildman–Crippen MR) is 105 cm³/mol. The van der Waals surface area contributed by atoms with Gasteiger partial charge in [-0.2, -0.15) is 0 Å². The molecule has 0 aliphatic carbocycles. The van der Waals surface area contributed by atoms with Crippen LogP contribution in [-0.4, -0.2) is 10.9 Å². The van der Waals surface area contributed by atoms with Gasteiger partial charge in [0, 0.05) is 33.9 Å². The first kappa shape index (κ1) is 16.4. The Labute approximate surface area is 154 Å². The standard InChI is InChI=1S/C19H16IN3O/c20-15-4-3-5-16(12-15)23-19(24)17-6-1-2-7-18(17)22-13-14-8-10-21-11-9-14/h1-12,22H,13H2,(H,23,24). The van der Waals surface area contributed by atoms with Gasteiger partial charge < -0.3 is 10.6 Å². The highest BCUT2D eigenvalue weighted by molar-refractivity contribution is 14.1. The average Bonchev–Trinajstić information content (AvgIpc) is 2.61. The Morgan fingerprint density at radius 3 is 2.58 bits per heavy atom. The van der Waals surface area contributed by atoms with Gasteiger partial charge in [-0.1, -0.05) is 18.2 Å². The molecule has 2 aromatic carbocycles. The van der Waals surface area contributed by atoms with Crippen LogP contribution in [0.2, 0.25) is 0 Å². The van der Waals surface area contributed by atoms with Gasteiger partial charge in [-0.3, -0.25) is 9.78 Å². The molecule has 0 aliphatic rings. The number of halogens is 1. The monoisotopic (exact) mass is 429 g/mol. The van der Waals surface area contributed by atoms with E-state index in [1.54, 1.807) is 12.4 Å². The second-order valence-corrected chi connectivity index (χ2v) is 6.46. The van der Waals surface area contributed by atoms with E-state index in [0.717, 1.165) is 20.5 Å². The molecule has 3 aromatic rings. The molecular weight excluding hydrogens is 413 g/mol. The lowest BCUT2D eigenvalue weighted by molar-refractivity contribution is 0.102. The minimum atomic E-state index is -0.130. The summed E-state index contributed by atoms with van der Waals surface area (Å²) in [5.41, 5.74) is 3.32. The highest BCUT2D eigenvalue weighted by Crippen LogP contribution is 2.19. The molecule has 0 saturated carbocycles. The van der Waals surface area contributed by atoms with E-state index < -0.39 is 0 Å². The van der Waals surface area contributed by atoms with Gasteiger partial charge in [0.05, 0.1) is 5.56 Å². The van der Waals surface area contributed by atoms with Crippen molar-refractivity contribution in [2.24, 2.45) is 0 Å². The van der Waals surface area contributed by atoms with Gasteiger partial charge in [0.1, 0.15) is 0 Å². The minimum absolute atomic E-state index is 0.130. The van der Waals surface area contributed by atoms with Crippen LogP contribution in [-0.2, 0) is 6.54 Å². The van der Waals surface area contributed by atoms with Crippen molar-refractivity contribution in [2.75, 3.05) is 10.6 Å². The third kappa shape index (κ3) is 4.32. The summed E-state index contributed by atoms with van der Waals surface area (Å²) in [7, 11) is 0. The Morgan fingerprint density at radius 1 is 1.00 bits per heavy atom. The number of hydrogen-bond acceptors (Lipinski definition) is 3. The fourth-order valence-electron chi connectivity index (χ4n) is 2.30. The summed E-state index contributed by atoms with van der Waals surface area (Å²) in [4.78, 5) is 16.6. The van der Waals surface area contributed by atoms with Crippen LogP contribution in [0.5, 0.6) is 0 Å². The second-order valence-electron chi connectivity index (χ2n) is 5.22. The third-order valence-electron chi connectivity index (χ3n) is 3.49. The SMILES string of the molecule is O=C(Nc1cccc(I)c1)c1ccccc1NCc1ccncc1. The van der Waals surface area contributed by atoms with Gasteiger partial charge in [0.2, 0.25) is 0 Å². The molecule has 24 heavy (non-hydrogen) atoms. The summed E-state index contributed by atoms with van der Waals surface area (Å²) >= 11 is 2.22. The maximum atomic E-state index is 12.6. The van der Waals surface area contributed by atoms with E-state index in [-0.39, 0.29) is 5.91 Å². The molecule has 1 amide bonds. The van der Waals surface area contributed by atoms with Crippen molar-refractivity contribution in [3.63, 3.8) is 0 Å². The normalized spacial score (nSPS) is 10.2. The lowest BCUT2D eigenvalue weighted by atomic mass is 10.1. The summed E-state index contributed by atoms with van der Waals surface area (Å²) < 4.78 is 1.08. The zero-order chi connectivity index (χ0) is 16.8. The summed E-state index contributed by atoms with van der Waals surface area (Å²) in [5, 5.41) is 6.26. The molecule has 0 unspecified atom stereocenters. The summed E-state index contributed by atoms with van der Waals surface area (Å²) in [5.74, 6) is -0.130. The van der Waals surface area contributed by atoms with Crippen LogP contribution >= 0.6 is 22.6 Å². The molecule has 0 bridgehead atoms. The Balaban J connectivity index is 1.74. The Morgan fingerprint density at radius 2 is 1.79 bits per heavy atom. The summed E-state index contributed by atoms with van der Waals surface area (Å²) in [6, 6.07) is 19.1. The number of para-hydroxylation sites is 1. The number of nitrogens with zero attached hydrogens (tertiary/aromatic N) is 1. The number of nitrogens with one attached hydrogen (secondary N) is 2. The van der Waals surface area contributed by atoms with Crippen LogP contribution in [0.3, 0.4) is 0 Å². The Kier molecular flexibility index (Phi) is 5.43. The predicted octanol–water partition coefficient (Wildman–Crippen LogP) is 4.55. The van der Waals surface area contributed by atoms with Crippen molar-refractivity contribution in [1.82, 2.24) is 4.98 Å². The van der Waals surface area contributed by atoms with Crippen LogP contribution in [0.4, 0.5) is 11.4 Å². The zero-order valence-corrected chi connectivity index (χ0v) is 15.0. The molecule has 0 fully saturated rings. The van der Waals surface area contributed by atoms with Crippen LogP contribution in [0.1, 0.15) is 15.9 Å². The highest BCUT2D eigenvalue weighted by atomic mass is 127. The third-order valence-corrected chi connectivity index (χ3v) is 4.16. The van der Waals surface area contributed by atoms with Crippen molar-refractivity contribution in [2.45, 2.75) is 6.54 Å². The maximum Gasteiger partial charge on any atom is 0.257 e. The van der Waals surface area contributed by atoms with Crippen molar-refractivity contribution in [3.8, 4) is 0 Å². The van der Waals surface area contributed by atoms with Crippen LogP contribution < -0.4 is 10.6 Å². The fourth-order valence-corrected chi connectivity index (χ4v) is 2.84. The van der Waals surface area contributed by atoms with Crippen molar-refractivity contribution < 1.29 is 4.79 Å². The van der Waals surface area contributed by atoms with Crippen LogP contribution in [0, 0.1) is 3.57 Å². The summed E-state index contributed by atoms with van der Waals surface area (Å²) in [6.07, 6.45) is 3.51. The molecule has 1 heterocycles. The molecule has 5 heteroatoms. The number of pyridine rings is 1. The molecule has 1 aromatic heterocycles. The first-order valence-electron chi connectivity index (χ1n) is 7.51. The molecule has 3 rings (SSSR count). The number of carbonyl (C=O) groups excluding carboxylic acids is 1.